The number of rotatable bonds is 4. The van der Waals surface area contributed by atoms with Gasteiger partial charge in [0.15, 0.2) is 0 Å². The van der Waals surface area contributed by atoms with E-state index in [1.165, 1.54) is 34.6 Å². The molecule has 1 aromatic carbocycles. The average Bonchev–Trinajstić information content (AvgIpc) is 3.08. The summed E-state index contributed by atoms with van der Waals surface area (Å²) in [5, 5.41) is 3.38. The van der Waals surface area contributed by atoms with Crippen molar-refractivity contribution in [1.29, 1.82) is 0 Å². The molecule has 0 amide bonds. The fourth-order valence-electron chi connectivity index (χ4n) is 2.97. The van der Waals surface area contributed by atoms with Crippen molar-refractivity contribution >= 4 is 11.3 Å². The molecule has 1 unspecified atom stereocenters. The molecule has 0 aliphatic heterocycles. The molecule has 3 rings (SSSR count). The Morgan fingerprint density at radius 2 is 2.00 bits per heavy atom. The number of thiophene rings is 1. The Morgan fingerprint density at radius 3 is 2.79 bits per heavy atom. The van der Waals surface area contributed by atoms with E-state index in [-0.39, 0.29) is 0 Å². The van der Waals surface area contributed by atoms with Crippen LogP contribution in [0.4, 0.5) is 0 Å². The van der Waals surface area contributed by atoms with Crippen LogP contribution in [0.5, 0.6) is 0 Å². The van der Waals surface area contributed by atoms with Gasteiger partial charge >= 0.3 is 0 Å². The third-order valence-electron chi connectivity index (χ3n) is 4.11. The maximum Gasteiger partial charge on any atom is 0.0409 e. The molecule has 0 saturated heterocycles. The highest BCUT2D eigenvalue weighted by Crippen LogP contribution is 2.34. The maximum atomic E-state index is 3.38. The van der Waals surface area contributed by atoms with Gasteiger partial charge in [0.25, 0.3) is 0 Å². The van der Waals surface area contributed by atoms with Crippen molar-refractivity contribution in [2.45, 2.75) is 38.6 Å². The van der Waals surface area contributed by atoms with Gasteiger partial charge in [0.2, 0.25) is 0 Å². The lowest BCUT2D eigenvalue weighted by atomic mass is 10.1. The van der Waals surface area contributed by atoms with Crippen molar-refractivity contribution < 1.29 is 0 Å². The molecule has 0 saturated carbocycles. The molecule has 1 heterocycles. The standard InChI is InChI=1S/C17H21NS/c1-3-15(18-2)17-10-9-16(19-17)14-8-7-12-5-4-6-13(12)11-14/h7-11,15,18H,3-6H2,1-2H3. The molecule has 1 nitrogen and oxygen atoms in total. The Balaban J connectivity index is 1.90. The largest absolute Gasteiger partial charge is 0.312 e. The molecular formula is C17H21NS. The van der Waals surface area contributed by atoms with Gasteiger partial charge in [-0.1, -0.05) is 25.1 Å². The number of benzene rings is 1. The zero-order valence-corrected chi connectivity index (χ0v) is 12.5. The Hall–Kier alpha value is -1.12. The van der Waals surface area contributed by atoms with Crippen LogP contribution < -0.4 is 5.32 Å². The highest BCUT2D eigenvalue weighted by atomic mass is 32.1. The normalized spacial score (nSPS) is 15.5. The molecule has 100 valence electrons. The second-order valence-electron chi connectivity index (χ2n) is 5.29. The third-order valence-corrected chi connectivity index (χ3v) is 5.36. The van der Waals surface area contributed by atoms with Gasteiger partial charge in [-0.05, 0) is 61.6 Å². The van der Waals surface area contributed by atoms with Crippen LogP contribution in [-0.2, 0) is 12.8 Å². The molecule has 0 spiro atoms. The van der Waals surface area contributed by atoms with Crippen LogP contribution in [0.2, 0.25) is 0 Å². The first-order chi connectivity index (χ1) is 9.31. The fraction of sp³-hybridized carbons (Fsp3) is 0.412. The van der Waals surface area contributed by atoms with E-state index in [0.717, 1.165) is 6.42 Å². The number of aryl methyl sites for hydroxylation is 2. The summed E-state index contributed by atoms with van der Waals surface area (Å²) in [6, 6.07) is 12.1. The number of hydrogen-bond acceptors (Lipinski definition) is 2. The average molecular weight is 271 g/mol. The van der Waals surface area contributed by atoms with Crippen LogP contribution in [-0.4, -0.2) is 7.05 Å². The second-order valence-corrected chi connectivity index (χ2v) is 6.40. The van der Waals surface area contributed by atoms with Crippen molar-refractivity contribution in [2.24, 2.45) is 0 Å². The van der Waals surface area contributed by atoms with Crippen LogP contribution in [0, 0.1) is 0 Å². The van der Waals surface area contributed by atoms with Crippen molar-refractivity contribution in [3.8, 4) is 10.4 Å². The third kappa shape index (κ3) is 2.47. The van der Waals surface area contributed by atoms with Crippen LogP contribution in [0.1, 0.15) is 41.8 Å². The summed E-state index contributed by atoms with van der Waals surface area (Å²) in [6.07, 6.45) is 4.99. The van der Waals surface area contributed by atoms with Gasteiger partial charge in [0, 0.05) is 15.8 Å². The van der Waals surface area contributed by atoms with E-state index in [1.807, 2.05) is 18.4 Å². The minimum atomic E-state index is 0.494. The van der Waals surface area contributed by atoms with E-state index < -0.39 is 0 Å². The molecule has 0 radical (unpaired) electrons. The Labute approximate surface area is 119 Å². The molecule has 0 bridgehead atoms. The predicted molar refractivity (Wildman–Crippen MR) is 83.9 cm³/mol. The lowest BCUT2D eigenvalue weighted by Crippen LogP contribution is -2.13. The Morgan fingerprint density at radius 1 is 1.16 bits per heavy atom. The highest BCUT2D eigenvalue weighted by Gasteiger charge is 2.14. The summed E-state index contributed by atoms with van der Waals surface area (Å²) in [7, 11) is 2.04. The van der Waals surface area contributed by atoms with Gasteiger partial charge < -0.3 is 5.32 Å². The number of hydrogen-bond donors (Lipinski definition) is 1. The first-order valence-corrected chi connectivity index (χ1v) is 8.02. The number of fused-ring (bicyclic) bond motifs is 1. The summed E-state index contributed by atoms with van der Waals surface area (Å²) in [5.74, 6) is 0. The summed E-state index contributed by atoms with van der Waals surface area (Å²) >= 11 is 1.93. The van der Waals surface area contributed by atoms with Crippen molar-refractivity contribution in [1.82, 2.24) is 5.32 Å². The van der Waals surface area contributed by atoms with Gasteiger partial charge in [0.1, 0.15) is 0 Å². The van der Waals surface area contributed by atoms with Gasteiger partial charge in [-0.15, -0.1) is 11.3 Å². The molecule has 1 atom stereocenters. The summed E-state index contributed by atoms with van der Waals surface area (Å²) in [4.78, 5) is 2.85. The molecule has 1 aliphatic carbocycles. The SMILES string of the molecule is CCC(NC)c1ccc(-c2ccc3c(c2)CCC3)s1. The monoisotopic (exact) mass is 271 g/mol. The quantitative estimate of drug-likeness (QED) is 0.858. The van der Waals surface area contributed by atoms with E-state index in [0.29, 0.717) is 6.04 Å². The van der Waals surface area contributed by atoms with E-state index in [2.05, 4.69) is 42.6 Å². The zero-order valence-electron chi connectivity index (χ0n) is 11.7. The van der Waals surface area contributed by atoms with E-state index in [9.17, 15) is 0 Å². The topological polar surface area (TPSA) is 12.0 Å². The molecule has 1 N–H and O–H groups in total. The molecule has 1 aromatic heterocycles. The van der Waals surface area contributed by atoms with Gasteiger partial charge in [-0.25, -0.2) is 0 Å². The lowest BCUT2D eigenvalue weighted by Gasteiger charge is -2.10. The highest BCUT2D eigenvalue weighted by molar-refractivity contribution is 7.15. The Bertz CT molecular complexity index is 566. The van der Waals surface area contributed by atoms with Crippen molar-refractivity contribution in [3.05, 3.63) is 46.3 Å². The Kier molecular flexibility index (Phi) is 3.72. The molecular weight excluding hydrogens is 250 g/mol. The molecule has 0 fully saturated rings. The van der Waals surface area contributed by atoms with Crippen LogP contribution in [0.25, 0.3) is 10.4 Å². The first-order valence-electron chi connectivity index (χ1n) is 7.21. The maximum absolute atomic E-state index is 3.38. The lowest BCUT2D eigenvalue weighted by molar-refractivity contribution is 0.586. The van der Waals surface area contributed by atoms with Crippen LogP contribution in [0.15, 0.2) is 30.3 Å². The predicted octanol–water partition coefficient (Wildman–Crippen LogP) is 4.57. The van der Waals surface area contributed by atoms with Gasteiger partial charge in [0.05, 0.1) is 0 Å². The fourth-order valence-corrected chi connectivity index (χ4v) is 4.17. The second kappa shape index (κ2) is 5.48. The van der Waals surface area contributed by atoms with Gasteiger partial charge in [-0.2, -0.15) is 0 Å². The zero-order chi connectivity index (χ0) is 13.2. The van der Waals surface area contributed by atoms with Gasteiger partial charge in [-0.3, -0.25) is 0 Å². The minimum absolute atomic E-state index is 0.494. The summed E-state index contributed by atoms with van der Waals surface area (Å²) in [5.41, 5.74) is 4.51. The summed E-state index contributed by atoms with van der Waals surface area (Å²) in [6.45, 7) is 2.23. The van der Waals surface area contributed by atoms with Crippen molar-refractivity contribution in [2.75, 3.05) is 7.05 Å². The van der Waals surface area contributed by atoms with E-state index in [1.54, 1.807) is 11.1 Å². The molecule has 2 heteroatoms. The van der Waals surface area contributed by atoms with Crippen LogP contribution in [0.3, 0.4) is 0 Å². The molecule has 19 heavy (non-hydrogen) atoms. The van der Waals surface area contributed by atoms with Crippen molar-refractivity contribution in [3.63, 3.8) is 0 Å². The number of nitrogens with one attached hydrogen (secondary N) is 1. The van der Waals surface area contributed by atoms with Crippen LogP contribution >= 0.6 is 11.3 Å². The minimum Gasteiger partial charge on any atom is -0.312 e. The van der Waals surface area contributed by atoms with E-state index >= 15 is 0 Å². The van der Waals surface area contributed by atoms with E-state index in [4.69, 9.17) is 0 Å². The first kappa shape index (κ1) is 12.9. The molecule has 1 aliphatic rings. The molecule has 2 aromatic rings. The summed E-state index contributed by atoms with van der Waals surface area (Å²) < 4.78 is 0. The smallest absolute Gasteiger partial charge is 0.0409 e.